The third-order valence-electron chi connectivity index (χ3n) is 9.64. The summed E-state index contributed by atoms with van der Waals surface area (Å²) in [6.07, 6.45) is 6.05. The number of para-hydroxylation sites is 1. The van der Waals surface area contributed by atoms with Gasteiger partial charge in [-0.05, 0) is 99.8 Å². The van der Waals surface area contributed by atoms with Crippen molar-refractivity contribution >= 4 is 49.6 Å². The highest BCUT2D eigenvalue weighted by molar-refractivity contribution is 6.14. The molecular formula is C48H32N2. The van der Waals surface area contributed by atoms with E-state index >= 15 is 0 Å². The Hall–Kier alpha value is -6.82. The van der Waals surface area contributed by atoms with Crippen LogP contribution in [0, 0.1) is 12.3 Å². The lowest BCUT2D eigenvalue weighted by molar-refractivity contribution is 1.17. The molecule has 50 heavy (non-hydrogen) atoms. The summed E-state index contributed by atoms with van der Waals surface area (Å²) in [5.41, 5.74) is 12.1. The van der Waals surface area contributed by atoms with Gasteiger partial charge in [0.1, 0.15) is 0 Å². The van der Waals surface area contributed by atoms with Gasteiger partial charge in [0.2, 0.25) is 0 Å². The molecule has 9 aromatic rings. The third-order valence-corrected chi connectivity index (χ3v) is 9.64. The molecule has 0 unspecified atom stereocenters. The Bertz CT molecular complexity index is 2600. The summed E-state index contributed by atoms with van der Waals surface area (Å²) in [7, 11) is 0. The molecular weight excluding hydrogens is 605 g/mol. The van der Waals surface area contributed by atoms with Crippen LogP contribution in [-0.2, 0) is 0 Å². The molecule has 0 fully saturated rings. The fraction of sp³-hybridized carbons (Fsp3) is 0. The molecule has 0 N–H and O–H groups in total. The summed E-state index contributed by atoms with van der Waals surface area (Å²) in [5.74, 6) is 2.93. The average Bonchev–Trinajstić information content (AvgIpc) is 3.50. The smallest absolute Gasteiger partial charge is 0.0618 e. The van der Waals surface area contributed by atoms with Gasteiger partial charge in [-0.25, -0.2) is 0 Å². The lowest BCUT2D eigenvalue weighted by atomic mass is 10.0. The topological polar surface area (TPSA) is 8.17 Å². The summed E-state index contributed by atoms with van der Waals surface area (Å²) in [6.45, 7) is 0. The summed E-state index contributed by atoms with van der Waals surface area (Å²) in [5, 5.41) is 4.76. The van der Waals surface area contributed by atoms with Gasteiger partial charge in [0, 0.05) is 33.4 Å². The van der Waals surface area contributed by atoms with Gasteiger partial charge >= 0.3 is 0 Å². The molecule has 0 radical (unpaired) electrons. The number of anilines is 3. The Morgan fingerprint density at radius 3 is 1.48 bits per heavy atom. The maximum atomic E-state index is 6.05. The Balaban J connectivity index is 1.26. The molecule has 9 rings (SSSR count). The number of benzene rings is 8. The molecule has 0 amide bonds. The van der Waals surface area contributed by atoms with Gasteiger partial charge in [-0.15, -0.1) is 6.42 Å². The van der Waals surface area contributed by atoms with Gasteiger partial charge in [0.25, 0.3) is 0 Å². The van der Waals surface area contributed by atoms with Gasteiger partial charge < -0.3 is 9.47 Å². The predicted octanol–water partition coefficient (Wildman–Crippen LogP) is 12.7. The van der Waals surface area contributed by atoms with E-state index in [1.165, 1.54) is 43.8 Å². The van der Waals surface area contributed by atoms with Crippen LogP contribution in [0.5, 0.6) is 0 Å². The second-order valence-corrected chi connectivity index (χ2v) is 12.6. The number of terminal acetylenes is 1. The summed E-state index contributed by atoms with van der Waals surface area (Å²) in [6, 6.07) is 67.0. The van der Waals surface area contributed by atoms with Crippen molar-refractivity contribution < 1.29 is 0 Å². The van der Waals surface area contributed by atoms with E-state index < -0.39 is 0 Å². The molecule has 1 heterocycles. The van der Waals surface area contributed by atoms with Crippen LogP contribution in [0.2, 0.25) is 0 Å². The number of hydrogen-bond acceptors (Lipinski definition) is 1. The maximum absolute atomic E-state index is 6.05. The Kier molecular flexibility index (Phi) is 7.23. The first-order valence-electron chi connectivity index (χ1n) is 16.9. The first-order valence-corrected chi connectivity index (χ1v) is 16.9. The summed E-state index contributed by atoms with van der Waals surface area (Å²) < 4.78 is 2.32. The van der Waals surface area contributed by atoms with Crippen LogP contribution < -0.4 is 4.90 Å². The first kappa shape index (κ1) is 29.3. The van der Waals surface area contributed by atoms with Crippen molar-refractivity contribution in [2.24, 2.45) is 0 Å². The van der Waals surface area contributed by atoms with Crippen LogP contribution >= 0.6 is 0 Å². The number of rotatable bonds is 6. The van der Waals surface area contributed by atoms with Gasteiger partial charge in [-0.3, -0.25) is 0 Å². The summed E-state index contributed by atoms with van der Waals surface area (Å²) in [4.78, 5) is 2.35. The third kappa shape index (κ3) is 5.10. The number of fused-ring (bicyclic) bond motifs is 4. The van der Waals surface area contributed by atoms with Crippen LogP contribution in [0.15, 0.2) is 188 Å². The predicted molar refractivity (Wildman–Crippen MR) is 212 cm³/mol. The molecule has 2 nitrogen and oxygen atoms in total. The zero-order chi connectivity index (χ0) is 33.4. The molecule has 1 aromatic heterocycles. The fourth-order valence-electron chi connectivity index (χ4n) is 7.20. The van der Waals surface area contributed by atoms with E-state index in [2.05, 4.69) is 191 Å². The molecule has 234 valence electrons. The quantitative estimate of drug-likeness (QED) is 0.165. The van der Waals surface area contributed by atoms with E-state index in [0.717, 1.165) is 39.3 Å². The molecule has 0 atom stereocenters. The largest absolute Gasteiger partial charge is 0.310 e. The number of aromatic nitrogens is 1. The van der Waals surface area contributed by atoms with Gasteiger partial charge in [0.05, 0.1) is 16.7 Å². The van der Waals surface area contributed by atoms with E-state index in [1.807, 2.05) is 12.1 Å². The van der Waals surface area contributed by atoms with Crippen LogP contribution in [0.1, 0.15) is 5.56 Å². The molecule has 0 bridgehead atoms. The molecule has 2 heteroatoms. The van der Waals surface area contributed by atoms with Crippen molar-refractivity contribution in [3.05, 3.63) is 194 Å². The second-order valence-electron chi connectivity index (χ2n) is 12.6. The minimum Gasteiger partial charge on any atom is -0.310 e. The molecule has 0 spiro atoms. The Morgan fingerprint density at radius 2 is 0.880 bits per heavy atom. The highest BCUT2D eigenvalue weighted by Crippen LogP contribution is 2.42. The Morgan fingerprint density at radius 1 is 0.400 bits per heavy atom. The molecule has 8 aromatic carbocycles. The number of hydrogen-bond donors (Lipinski definition) is 0. The number of nitrogens with zero attached hydrogens (tertiary/aromatic N) is 2. The Labute approximate surface area is 292 Å². The second kappa shape index (κ2) is 12.3. The normalized spacial score (nSPS) is 11.2. The SMILES string of the molecule is C#Cc1ccccc1-n1c2ccc(N(c3ccc(-c4ccccc4)cc3)c3ccc(-c4ccccc4)cc3)cc2c2cc3ccccc3cc21. The lowest BCUT2D eigenvalue weighted by Crippen LogP contribution is -2.10. The average molecular weight is 637 g/mol. The molecule has 0 aliphatic rings. The van der Waals surface area contributed by atoms with E-state index in [4.69, 9.17) is 6.42 Å². The lowest BCUT2D eigenvalue weighted by Gasteiger charge is -2.26. The van der Waals surface area contributed by atoms with Crippen molar-refractivity contribution in [1.82, 2.24) is 4.57 Å². The van der Waals surface area contributed by atoms with Crippen molar-refractivity contribution in [2.75, 3.05) is 4.90 Å². The van der Waals surface area contributed by atoms with Crippen molar-refractivity contribution in [2.45, 2.75) is 0 Å². The van der Waals surface area contributed by atoms with Crippen molar-refractivity contribution in [1.29, 1.82) is 0 Å². The minimum absolute atomic E-state index is 0.863. The minimum atomic E-state index is 0.863. The van der Waals surface area contributed by atoms with Gasteiger partial charge in [-0.2, -0.15) is 0 Å². The molecule has 0 aliphatic carbocycles. The van der Waals surface area contributed by atoms with E-state index in [0.29, 0.717) is 0 Å². The van der Waals surface area contributed by atoms with Crippen LogP contribution in [0.25, 0.3) is 60.5 Å². The van der Waals surface area contributed by atoms with E-state index in [1.54, 1.807) is 0 Å². The van der Waals surface area contributed by atoms with Gasteiger partial charge in [0.15, 0.2) is 0 Å². The maximum Gasteiger partial charge on any atom is 0.0618 e. The summed E-state index contributed by atoms with van der Waals surface area (Å²) >= 11 is 0. The standard InChI is InChI=1S/C48H32N2/c1-2-34-13-11-12-20-46(34)50-47-30-29-43(33-45(47)44-31-39-18-9-10-19-40(39)32-48(44)50)49(41-25-21-37(22-26-41)35-14-5-3-6-15-35)42-27-23-38(24-28-42)36-16-7-4-8-17-36/h1,3-33H. The van der Waals surface area contributed by atoms with Crippen molar-refractivity contribution in [3.8, 4) is 40.3 Å². The molecule has 0 saturated carbocycles. The van der Waals surface area contributed by atoms with E-state index in [-0.39, 0.29) is 0 Å². The fourth-order valence-corrected chi connectivity index (χ4v) is 7.20. The zero-order valence-corrected chi connectivity index (χ0v) is 27.4. The first-order chi connectivity index (χ1) is 24.7. The molecule has 0 aliphatic heterocycles. The highest BCUT2D eigenvalue weighted by atomic mass is 15.1. The van der Waals surface area contributed by atoms with Crippen LogP contribution in [-0.4, -0.2) is 4.57 Å². The van der Waals surface area contributed by atoms with Crippen molar-refractivity contribution in [3.63, 3.8) is 0 Å². The van der Waals surface area contributed by atoms with Crippen LogP contribution in [0.3, 0.4) is 0 Å². The highest BCUT2D eigenvalue weighted by Gasteiger charge is 2.19. The monoisotopic (exact) mass is 636 g/mol. The molecule has 0 saturated heterocycles. The zero-order valence-electron chi connectivity index (χ0n) is 27.4. The van der Waals surface area contributed by atoms with Crippen LogP contribution in [0.4, 0.5) is 17.1 Å². The van der Waals surface area contributed by atoms with Gasteiger partial charge in [-0.1, -0.05) is 127 Å². The van der Waals surface area contributed by atoms with E-state index in [9.17, 15) is 0 Å².